The van der Waals surface area contributed by atoms with E-state index in [4.69, 9.17) is 15.0 Å². The van der Waals surface area contributed by atoms with Crippen molar-refractivity contribution < 1.29 is 19.7 Å². The lowest BCUT2D eigenvalue weighted by Gasteiger charge is -2.18. The van der Waals surface area contributed by atoms with Gasteiger partial charge in [0.15, 0.2) is 0 Å². The molecule has 1 saturated heterocycles. The predicted molar refractivity (Wildman–Crippen MR) is 135 cm³/mol. The fourth-order valence-corrected chi connectivity index (χ4v) is 2.91. The molecular formula is C28H44O4. The second kappa shape index (κ2) is 18.3. The Balaban J connectivity index is 0.000000515. The minimum absolute atomic E-state index is 0.174. The van der Waals surface area contributed by atoms with Crippen molar-refractivity contribution in [1.82, 2.24) is 0 Å². The van der Waals surface area contributed by atoms with Gasteiger partial charge in [-0.3, -0.25) is 0 Å². The number of benzene rings is 2. The van der Waals surface area contributed by atoms with Gasteiger partial charge in [0.1, 0.15) is 18.3 Å². The molecule has 0 aromatic heterocycles. The van der Waals surface area contributed by atoms with E-state index in [1.165, 1.54) is 56.1 Å². The number of unbranched alkanes of at least 4 members (excludes halogenated alkanes) is 6. The van der Waals surface area contributed by atoms with Crippen molar-refractivity contribution >= 4 is 6.79 Å². The summed E-state index contributed by atoms with van der Waals surface area (Å²) < 4.78 is 4.50. The van der Waals surface area contributed by atoms with E-state index in [1.807, 2.05) is 31.1 Å². The molecule has 2 aromatic rings. The van der Waals surface area contributed by atoms with Crippen LogP contribution in [0.5, 0.6) is 11.5 Å². The van der Waals surface area contributed by atoms with Crippen LogP contribution in [0.2, 0.25) is 0 Å². The number of phenols is 2. The lowest BCUT2D eigenvalue weighted by Crippen LogP contribution is -2.10. The van der Waals surface area contributed by atoms with Crippen LogP contribution in [-0.2, 0) is 21.4 Å². The Labute approximate surface area is 195 Å². The van der Waals surface area contributed by atoms with Crippen LogP contribution < -0.4 is 0 Å². The second-order valence-electron chi connectivity index (χ2n) is 8.95. The molecule has 180 valence electrons. The lowest BCUT2D eigenvalue weighted by molar-refractivity contribution is -0.0980. The first-order chi connectivity index (χ1) is 15.3. The number of aryl methyl sites for hydroxylation is 1. The molecule has 0 amide bonds. The Bertz CT molecular complexity index is 667. The molecule has 1 fully saturated rings. The van der Waals surface area contributed by atoms with E-state index in [0.717, 1.165) is 19.6 Å². The number of carbonyl (C=O) groups is 1. The van der Waals surface area contributed by atoms with Crippen molar-refractivity contribution in [2.45, 2.75) is 84.5 Å². The highest BCUT2D eigenvalue weighted by atomic mass is 16.6. The molecule has 32 heavy (non-hydrogen) atoms. The summed E-state index contributed by atoms with van der Waals surface area (Å²) in [5, 5.41) is 18.2. The van der Waals surface area contributed by atoms with E-state index < -0.39 is 0 Å². The maximum Gasteiger partial charge on any atom is 0.115 e. The monoisotopic (exact) mass is 444 g/mol. The predicted octanol–water partition coefficient (Wildman–Crippen LogP) is 7.21. The summed E-state index contributed by atoms with van der Waals surface area (Å²) in [6.45, 7) is 12.7. The zero-order chi connectivity index (χ0) is 24.2. The Morgan fingerprint density at radius 2 is 1.16 bits per heavy atom. The molecule has 1 aliphatic heterocycles. The van der Waals surface area contributed by atoms with Gasteiger partial charge in [-0.05, 0) is 53.6 Å². The molecule has 2 N–H and O–H groups in total. The molecule has 0 saturated carbocycles. The molecule has 4 nitrogen and oxygen atoms in total. The molecule has 3 rings (SSSR count). The smallest absolute Gasteiger partial charge is 0.115 e. The van der Waals surface area contributed by atoms with E-state index in [0.29, 0.717) is 11.5 Å². The first kappa shape index (κ1) is 29.7. The third-order valence-corrected chi connectivity index (χ3v) is 4.94. The molecule has 0 bridgehead atoms. The molecular weight excluding hydrogens is 400 g/mol. The van der Waals surface area contributed by atoms with E-state index >= 15 is 0 Å². The third-order valence-electron chi connectivity index (χ3n) is 4.94. The summed E-state index contributed by atoms with van der Waals surface area (Å²) in [5.41, 5.74) is 2.76. The van der Waals surface area contributed by atoms with Gasteiger partial charge in [-0.2, -0.15) is 0 Å². The van der Waals surface area contributed by atoms with Gasteiger partial charge in [0.25, 0.3) is 0 Å². The molecule has 0 unspecified atom stereocenters. The average Bonchev–Trinajstić information content (AvgIpc) is 3.66. The highest BCUT2D eigenvalue weighted by Crippen LogP contribution is 2.23. The van der Waals surface area contributed by atoms with E-state index in [-0.39, 0.29) is 5.41 Å². The van der Waals surface area contributed by atoms with Crippen LogP contribution in [0, 0.1) is 0 Å². The molecule has 2 aromatic carbocycles. The molecule has 0 atom stereocenters. The topological polar surface area (TPSA) is 70.1 Å². The number of rotatable bonds is 8. The van der Waals surface area contributed by atoms with Gasteiger partial charge in [-0.1, -0.05) is 90.5 Å². The zero-order valence-corrected chi connectivity index (χ0v) is 20.6. The lowest BCUT2D eigenvalue weighted by atomic mass is 9.87. The maximum atomic E-state index is 9.15. The van der Waals surface area contributed by atoms with E-state index in [9.17, 15) is 0 Å². The number of hydrogen-bond acceptors (Lipinski definition) is 4. The van der Waals surface area contributed by atoms with Crippen LogP contribution >= 0.6 is 0 Å². The Morgan fingerprint density at radius 1 is 0.750 bits per heavy atom. The molecule has 4 heteroatoms. The van der Waals surface area contributed by atoms with Crippen molar-refractivity contribution in [3.05, 3.63) is 59.7 Å². The van der Waals surface area contributed by atoms with Gasteiger partial charge in [0.05, 0.1) is 13.2 Å². The largest absolute Gasteiger partial charge is 0.508 e. The number of phenolic OH excluding ortho intramolecular Hbond substituents is 2. The SMILES string of the molecule is C1CO1.C=O.CC(C)(C)c1ccc(O)cc1.CCCCCCCCCc1ccc(O)cc1. The first-order valence-electron chi connectivity index (χ1n) is 11.8. The summed E-state index contributed by atoms with van der Waals surface area (Å²) in [6, 6.07) is 14.9. The van der Waals surface area contributed by atoms with Gasteiger partial charge < -0.3 is 19.7 Å². The Kier molecular flexibility index (Phi) is 16.9. The van der Waals surface area contributed by atoms with Crippen molar-refractivity contribution in [2.75, 3.05) is 13.2 Å². The third kappa shape index (κ3) is 17.4. The van der Waals surface area contributed by atoms with Gasteiger partial charge in [-0.15, -0.1) is 0 Å². The molecule has 0 spiro atoms. The normalized spacial score (nSPS) is 11.6. The van der Waals surface area contributed by atoms with Crippen LogP contribution in [0.15, 0.2) is 48.5 Å². The number of epoxide rings is 1. The minimum atomic E-state index is 0.174. The van der Waals surface area contributed by atoms with Crippen molar-refractivity contribution in [1.29, 1.82) is 0 Å². The minimum Gasteiger partial charge on any atom is -0.508 e. The maximum absolute atomic E-state index is 9.15. The van der Waals surface area contributed by atoms with Crippen molar-refractivity contribution in [3.8, 4) is 11.5 Å². The highest BCUT2D eigenvalue weighted by Gasteiger charge is 2.12. The molecule has 1 aliphatic rings. The van der Waals surface area contributed by atoms with Crippen LogP contribution in [0.1, 0.15) is 83.8 Å². The zero-order valence-electron chi connectivity index (χ0n) is 20.6. The number of ether oxygens (including phenoxy) is 1. The fourth-order valence-electron chi connectivity index (χ4n) is 2.91. The summed E-state index contributed by atoms with van der Waals surface area (Å²) in [5.74, 6) is 0.696. The summed E-state index contributed by atoms with van der Waals surface area (Å²) in [7, 11) is 0. The average molecular weight is 445 g/mol. The Hall–Kier alpha value is -2.33. The number of hydrogen-bond donors (Lipinski definition) is 2. The molecule has 0 radical (unpaired) electrons. The first-order valence-corrected chi connectivity index (χ1v) is 11.8. The van der Waals surface area contributed by atoms with E-state index in [1.54, 1.807) is 24.3 Å². The van der Waals surface area contributed by atoms with E-state index in [2.05, 4.69) is 32.4 Å². The summed E-state index contributed by atoms with van der Waals surface area (Å²) in [4.78, 5) is 8.00. The van der Waals surface area contributed by atoms with Gasteiger partial charge in [-0.25, -0.2) is 0 Å². The molecule has 1 heterocycles. The van der Waals surface area contributed by atoms with Gasteiger partial charge >= 0.3 is 0 Å². The van der Waals surface area contributed by atoms with Gasteiger partial charge in [0.2, 0.25) is 0 Å². The Morgan fingerprint density at radius 3 is 1.56 bits per heavy atom. The number of carbonyl (C=O) groups excluding carboxylic acids is 1. The quantitative estimate of drug-likeness (QED) is 0.333. The van der Waals surface area contributed by atoms with Crippen LogP contribution in [0.4, 0.5) is 0 Å². The summed E-state index contributed by atoms with van der Waals surface area (Å²) >= 11 is 0. The van der Waals surface area contributed by atoms with Crippen LogP contribution in [-0.4, -0.2) is 30.2 Å². The molecule has 0 aliphatic carbocycles. The fraction of sp³-hybridized carbons (Fsp3) is 0.536. The summed E-state index contributed by atoms with van der Waals surface area (Å²) in [6.07, 6.45) is 10.6. The highest BCUT2D eigenvalue weighted by molar-refractivity contribution is 5.30. The van der Waals surface area contributed by atoms with Crippen molar-refractivity contribution in [2.24, 2.45) is 0 Å². The van der Waals surface area contributed by atoms with Gasteiger partial charge in [0, 0.05) is 0 Å². The van der Waals surface area contributed by atoms with Crippen LogP contribution in [0.3, 0.4) is 0 Å². The number of aromatic hydroxyl groups is 2. The second-order valence-corrected chi connectivity index (χ2v) is 8.95. The standard InChI is InChI=1S/C15H24O.C10H14O.C2H4O.CH2O/c1-2-3-4-5-6-7-8-9-14-10-12-15(16)13-11-14;1-10(2,3)8-4-6-9(11)7-5-8;1-2-3-1;1-2/h10-13,16H,2-9H2,1H3;4-7,11H,1-3H3;1-2H2;1H2. The van der Waals surface area contributed by atoms with Crippen LogP contribution in [0.25, 0.3) is 0 Å². The van der Waals surface area contributed by atoms with Crippen molar-refractivity contribution in [3.63, 3.8) is 0 Å².